The van der Waals surface area contributed by atoms with Crippen LogP contribution in [0, 0.1) is 6.92 Å². The predicted molar refractivity (Wildman–Crippen MR) is 76.0 cm³/mol. The van der Waals surface area contributed by atoms with Crippen molar-refractivity contribution in [3.63, 3.8) is 0 Å². The molecule has 0 atom stereocenters. The summed E-state index contributed by atoms with van der Waals surface area (Å²) in [6.07, 6.45) is 0. The fraction of sp³-hybridized carbons (Fsp3) is 0.786. The van der Waals surface area contributed by atoms with Crippen molar-refractivity contribution in [1.29, 1.82) is 0 Å². The molecule has 0 bridgehead atoms. The third kappa shape index (κ3) is 4.30. The van der Waals surface area contributed by atoms with Gasteiger partial charge in [0.15, 0.2) is 0 Å². The lowest BCUT2D eigenvalue weighted by Crippen LogP contribution is -2.50. The zero-order valence-electron chi connectivity index (χ0n) is 12.6. The van der Waals surface area contributed by atoms with E-state index in [0.717, 1.165) is 45.0 Å². The smallest absolute Gasteiger partial charge is 0.0718 e. The molecule has 2 heterocycles. The highest BCUT2D eigenvalue weighted by molar-refractivity contribution is 5.08. The van der Waals surface area contributed by atoms with E-state index in [1.807, 2.05) is 32.5 Å². The number of nitrogens with zero attached hydrogens (tertiary/aromatic N) is 4. The van der Waals surface area contributed by atoms with Gasteiger partial charge < -0.3 is 5.11 Å². The van der Waals surface area contributed by atoms with Gasteiger partial charge in [-0.3, -0.25) is 14.5 Å². The van der Waals surface area contributed by atoms with Gasteiger partial charge in [-0.15, -0.1) is 0 Å². The van der Waals surface area contributed by atoms with Crippen LogP contribution < -0.4 is 0 Å². The molecule has 1 saturated heterocycles. The molecule has 2 rings (SSSR count). The normalized spacial score (nSPS) is 19.0. The maximum Gasteiger partial charge on any atom is 0.0718 e. The second-order valence-corrected chi connectivity index (χ2v) is 6.27. The molecule has 1 aromatic rings. The summed E-state index contributed by atoms with van der Waals surface area (Å²) in [6.45, 7) is 11.7. The molecule has 5 nitrogen and oxygen atoms in total. The highest BCUT2D eigenvalue weighted by atomic mass is 16.3. The molecule has 0 saturated carbocycles. The molecule has 1 aliphatic rings. The van der Waals surface area contributed by atoms with Crippen molar-refractivity contribution >= 4 is 0 Å². The number of aliphatic hydroxyl groups is 1. The summed E-state index contributed by atoms with van der Waals surface area (Å²) in [7, 11) is 2.01. The number of hydrogen-bond acceptors (Lipinski definition) is 4. The second-order valence-electron chi connectivity index (χ2n) is 6.27. The van der Waals surface area contributed by atoms with Crippen LogP contribution >= 0.6 is 0 Å². The molecule has 0 aliphatic carbocycles. The lowest BCUT2D eigenvalue weighted by Gasteiger charge is -2.37. The van der Waals surface area contributed by atoms with Gasteiger partial charge in [0.25, 0.3) is 0 Å². The van der Waals surface area contributed by atoms with Gasteiger partial charge in [-0.05, 0) is 26.8 Å². The molecule has 0 unspecified atom stereocenters. The van der Waals surface area contributed by atoms with Crippen molar-refractivity contribution in [1.82, 2.24) is 19.6 Å². The number of piperazine rings is 1. The number of aryl methyl sites for hydroxylation is 2. The fourth-order valence-electron chi connectivity index (χ4n) is 2.69. The van der Waals surface area contributed by atoms with Crippen LogP contribution in [0.2, 0.25) is 0 Å². The van der Waals surface area contributed by atoms with Crippen LogP contribution in [-0.2, 0) is 13.6 Å². The van der Waals surface area contributed by atoms with E-state index in [1.165, 1.54) is 5.69 Å². The first-order valence-corrected chi connectivity index (χ1v) is 7.00. The molecule has 108 valence electrons. The van der Waals surface area contributed by atoms with Crippen molar-refractivity contribution in [2.24, 2.45) is 7.05 Å². The average molecular weight is 266 g/mol. The van der Waals surface area contributed by atoms with Crippen LogP contribution in [0.5, 0.6) is 0 Å². The van der Waals surface area contributed by atoms with E-state index >= 15 is 0 Å². The number of aromatic nitrogens is 2. The van der Waals surface area contributed by atoms with Crippen LogP contribution in [0.3, 0.4) is 0 Å². The Hall–Kier alpha value is -0.910. The minimum atomic E-state index is -0.596. The molecule has 5 heteroatoms. The first-order valence-electron chi connectivity index (χ1n) is 7.00. The summed E-state index contributed by atoms with van der Waals surface area (Å²) < 4.78 is 1.97. The molecule has 0 aromatic carbocycles. The summed E-state index contributed by atoms with van der Waals surface area (Å²) in [6, 6.07) is 2.16. The predicted octanol–water partition coefficient (Wildman–Crippen LogP) is 0.617. The van der Waals surface area contributed by atoms with Gasteiger partial charge in [-0.25, -0.2) is 0 Å². The molecular weight excluding hydrogens is 240 g/mol. The Kier molecular flexibility index (Phi) is 4.28. The van der Waals surface area contributed by atoms with E-state index in [1.54, 1.807) is 0 Å². The van der Waals surface area contributed by atoms with E-state index in [-0.39, 0.29) is 0 Å². The van der Waals surface area contributed by atoms with E-state index < -0.39 is 5.60 Å². The van der Waals surface area contributed by atoms with Gasteiger partial charge in [0.2, 0.25) is 0 Å². The Bertz CT molecular complexity index is 414. The Morgan fingerprint density at radius 1 is 1.21 bits per heavy atom. The van der Waals surface area contributed by atoms with Crippen molar-refractivity contribution in [2.45, 2.75) is 32.9 Å². The summed E-state index contributed by atoms with van der Waals surface area (Å²) in [5.41, 5.74) is 1.76. The van der Waals surface area contributed by atoms with E-state index in [2.05, 4.69) is 21.0 Å². The number of hydrogen-bond donors (Lipinski definition) is 1. The van der Waals surface area contributed by atoms with Crippen LogP contribution in [0.25, 0.3) is 0 Å². The minimum absolute atomic E-state index is 0.596. The van der Waals surface area contributed by atoms with E-state index in [9.17, 15) is 5.11 Å². The SMILES string of the molecule is Cc1cc(CN2CCN(CC(C)(C)O)CC2)n(C)n1. The van der Waals surface area contributed by atoms with Crippen LogP contribution in [-0.4, -0.2) is 63.0 Å². The lowest BCUT2D eigenvalue weighted by atomic mass is 10.1. The molecule has 1 aliphatic heterocycles. The van der Waals surface area contributed by atoms with E-state index in [4.69, 9.17) is 0 Å². The first kappa shape index (κ1) is 14.5. The van der Waals surface area contributed by atoms with Gasteiger partial charge in [0.1, 0.15) is 0 Å². The molecule has 1 N–H and O–H groups in total. The Balaban J connectivity index is 1.82. The third-order valence-corrected chi connectivity index (χ3v) is 3.56. The monoisotopic (exact) mass is 266 g/mol. The quantitative estimate of drug-likeness (QED) is 0.867. The van der Waals surface area contributed by atoms with Crippen LogP contribution in [0.1, 0.15) is 25.2 Å². The molecule has 1 fully saturated rings. The summed E-state index contributed by atoms with van der Waals surface area (Å²) in [5, 5.41) is 14.2. The molecule has 19 heavy (non-hydrogen) atoms. The zero-order chi connectivity index (χ0) is 14.0. The maximum absolute atomic E-state index is 9.84. The van der Waals surface area contributed by atoms with Crippen LogP contribution in [0.15, 0.2) is 6.07 Å². The van der Waals surface area contributed by atoms with Gasteiger partial charge in [-0.1, -0.05) is 0 Å². The third-order valence-electron chi connectivity index (χ3n) is 3.56. The highest BCUT2D eigenvalue weighted by Crippen LogP contribution is 2.12. The molecule has 0 radical (unpaired) electrons. The lowest BCUT2D eigenvalue weighted by molar-refractivity contribution is 0.0164. The summed E-state index contributed by atoms with van der Waals surface area (Å²) in [5.74, 6) is 0. The topological polar surface area (TPSA) is 44.5 Å². The summed E-state index contributed by atoms with van der Waals surface area (Å²) in [4.78, 5) is 4.79. The fourth-order valence-corrected chi connectivity index (χ4v) is 2.69. The van der Waals surface area contributed by atoms with Gasteiger partial charge >= 0.3 is 0 Å². The van der Waals surface area contributed by atoms with Gasteiger partial charge in [0.05, 0.1) is 17.0 Å². The Morgan fingerprint density at radius 3 is 2.26 bits per heavy atom. The first-order chi connectivity index (χ1) is 8.83. The largest absolute Gasteiger partial charge is 0.389 e. The van der Waals surface area contributed by atoms with Crippen molar-refractivity contribution in [3.05, 3.63) is 17.5 Å². The molecular formula is C14H26N4O. The van der Waals surface area contributed by atoms with Crippen molar-refractivity contribution in [3.8, 4) is 0 Å². The Morgan fingerprint density at radius 2 is 1.79 bits per heavy atom. The van der Waals surface area contributed by atoms with E-state index in [0.29, 0.717) is 0 Å². The standard InChI is InChI=1S/C14H26N4O/c1-12-9-13(16(4)15-12)10-17-5-7-18(8-6-17)11-14(2,3)19/h9,19H,5-8,10-11H2,1-4H3. The maximum atomic E-state index is 9.84. The van der Waals surface area contributed by atoms with Crippen molar-refractivity contribution in [2.75, 3.05) is 32.7 Å². The summed E-state index contributed by atoms with van der Waals surface area (Å²) >= 11 is 0. The molecule has 0 spiro atoms. The minimum Gasteiger partial charge on any atom is -0.389 e. The zero-order valence-corrected chi connectivity index (χ0v) is 12.6. The second kappa shape index (κ2) is 5.61. The molecule has 0 amide bonds. The van der Waals surface area contributed by atoms with Crippen molar-refractivity contribution < 1.29 is 5.11 Å². The highest BCUT2D eigenvalue weighted by Gasteiger charge is 2.23. The average Bonchev–Trinajstić information content (AvgIpc) is 2.58. The number of β-amino-alcohol motifs (C(OH)–C–C–N with tert-alkyl or cyclic N) is 1. The Labute approximate surface area is 115 Å². The van der Waals surface area contributed by atoms with Gasteiger partial charge in [-0.2, -0.15) is 5.10 Å². The number of rotatable bonds is 4. The molecule has 1 aromatic heterocycles. The van der Waals surface area contributed by atoms with Crippen LogP contribution in [0.4, 0.5) is 0 Å². The van der Waals surface area contributed by atoms with Gasteiger partial charge in [0, 0.05) is 46.3 Å².